The van der Waals surface area contributed by atoms with Crippen molar-refractivity contribution in [3.8, 4) is 0 Å². The summed E-state index contributed by atoms with van der Waals surface area (Å²) in [4.78, 5) is 19.5. The highest BCUT2D eigenvalue weighted by Gasteiger charge is 2.15. The highest BCUT2D eigenvalue weighted by atomic mass is 16.3. The second kappa shape index (κ2) is 6.41. The Morgan fingerprint density at radius 2 is 2.05 bits per heavy atom. The number of aliphatic hydroxyl groups excluding tert-OH is 1. The molecule has 3 N–H and O–H groups in total. The highest BCUT2D eigenvalue weighted by molar-refractivity contribution is 5.87. The number of H-pyrrole nitrogens is 1. The topological polar surface area (TPSA) is 78.0 Å². The maximum absolute atomic E-state index is 12.2. The average Bonchev–Trinajstić information content (AvgIpc) is 2.96. The van der Waals surface area contributed by atoms with Crippen molar-refractivity contribution in [3.63, 3.8) is 0 Å². The van der Waals surface area contributed by atoms with Gasteiger partial charge in [-0.3, -0.25) is 4.79 Å². The van der Waals surface area contributed by atoms with Gasteiger partial charge in [-0.1, -0.05) is 30.3 Å². The molecule has 0 aliphatic rings. The minimum absolute atomic E-state index is 0.132. The maximum Gasteiger partial charge on any atom is 0.225 e. The normalized spacial score (nSPS) is 12.2. The van der Waals surface area contributed by atoms with Gasteiger partial charge in [0.15, 0.2) is 0 Å². The molecule has 22 heavy (non-hydrogen) atoms. The van der Waals surface area contributed by atoms with Gasteiger partial charge in [-0.05, 0) is 23.3 Å². The Morgan fingerprint density at radius 3 is 2.82 bits per heavy atom. The van der Waals surface area contributed by atoms with Crippen LogP contribution in [0.4, 0.5) is 0 Å². The zero-order chi connectivity index (χ0) is 15.4. The first-order chi connectivity index (χ1) is 10.8. The molecule has 2 heterocycles. The smallest absolute Gasteiger partial charge is 0.225 e. The summed E-state index contributed by atoms with van der Waals surface area (Å²) in [7, 11) is 0. The lowest BCUT2D eigenvalue weighted by molar-refractivity contribution is -0.121. The van der Waals surface area contributed by atoms with E-state index in [0.717, 1.165) is 22.2 Å². The van der Waals surface area contributed by atoms with Crippen LogP contribution in [0.25, 0.3) is 11.0 Å². The van der Waals surface area contributed by atoms with Crippen LogP contribution in [-0.2, 0) is 11.2 Å². The van der Waals surface area contributed by atoms with Crippen molar-refractivity contribution in [2.24, 2.45) is 0 Å². The number of benzene rings is 1. The fourth-order valence-electron chi connectivity index (χ4n) is 2.50. The molecule has 0 radical (unpaired) electrons. The van der Waals surface area contributed by atoms with Crippen LogP contribution in [0.15, 0.2) is 54.9 Å². The van der Waals surface area contributed by atoms with Crippen LogP contribution in [0.1, 0.15) is 17.2 Å². The Kier molecular flexibility index (Phi) is 4.16. The quantitative estimate of drug-likeness (QED) is 0.673. The Hall–Kier alpha value is -2.66. The standard InChI is InChI=1S/C17H17N3O2/c21-11-15(12-5-2-1-3-6-12)20-16(22)9-13-10-19-17-14(13)7-4-8-18-17/h1-8,10,15,21H,9,11H2,(H,18,19)(H,20,22)/t15-/m0/s1. The van der Waals surface area contributed by atoms with Gasteiger partial charge in [-0.2, -0.15) is 0 Å². The molecule has 112 valence electrons. The van der Waals surface area contributed by atoms with Crippen LogP contribution in [-0.4, -0.2) is 27.6 Å². The molecule has 0 aliphatic heterocycles. The molecule has 0 aliphatic carbocycles. The summed E-state index contributed by atoms with van der Waals surface area (Å²) in [6.07, 6.45) is 3.75. The van der Waals surface area contributed by atoms with E-state index in [1.165, 1.54) is 0 Å². The first kappa shape index (κ1) is 14.3. The van der Waals surface area contributed by atoms with Crippen molar-refractivity contribution in [1.29, 1.82) is 0 Å². The zero-order valence-electron chi connectivity index (χ0n) is 12.0. The Labute approximate surface area is 128 Å². The number of amides is 1. The van der Waals surface area contributed by atoms with E-state index in [1.807, 2.05) is 42.5 Å². The average molecular weight is 295 g/mol. The highest BCUT2D eigenvalue weighted by Crippen LogP contribution is 2.17. The van der Waals surface area contributed by atoms with Crippen LogP contribution < -0.4 is 5.32 Å². The van der Waals surface area contributed by atoms with Crippen LogP contribution in [0.2, 0.25) is 0 Å². The van der Waals surface area contributed by atoms with E-state index in [4.69, 9.17) is 0 Å². The second-order valence-corrected chi connectivity index (χ2v) is 5.10. The minimum Gasteiger partial charge on any atom is -0.394 e. The molecule has 5 heteroatoms. The van der Waals surface area contributed by atoms with Crippen molar-refractivity contribution < 1.29 is 9.90 Å². The third kappa shape index (κ3) is 2.99. The molecule has 1 amide bonds. The van der Waals surface area contributed by atoms with Gasteiger partial charge in [-0.15, -0.1) is 0 Å². The summed E-state index contributed by atoms with van der Waals surface area (Å²) in [6, 6.07) is 12.8. The zero-order valence-corrected chi connectivity index (χ0v) is 12.0. The fourth-order valence-corrected chi connectivity index (χ4v) is 2.50. The summed E-state index contributed by atoms with van der Waals surface area (Å²) < 4.78 is 0. The molecule has 0 saturated carbocycles. The van der Waals surface area contributed by atoms with E-state index in [1.54, 1.807) is 12.4 Å². The van der Waals surface area contributed by atoms with Gasteiger partial charge in [0, 0.05) is 17.8 Å². The van der Waals surface area contributed by atoms with Gasteiger partial charge >= 0.3 is 0 Å². The number of carbonyl (C=O) groups is 1. The molecule has 0 unspecified atom stereocenters. The first-order valence-corrected chi connectivity index (χ1v) is 7.14. The van der Waals surface area contributed by atoms with Gasteiger partial charge in [0.1, 0.15) is 5.65 Å². The molecular formula is C17H17N3O2. The number of hydrogen-bond acceptors (Lipinski definition) is 3. The van der Waals surface area contributed by atoms with Crippen molar-refractivity contribution in [2.75, 3.05) is 6.61 Å². The molecule has 2 aromatic heterocycles. The number of rotatable bonds is 5. The number of fused-ring (bicyclic) bond motifs is 1. The summed E-state index contributed by atoms with van der Waals surface area (Å²) in [6.45, 7) is -0.134. The Bertz CT molecular complexity index is 768. The molecule has 0 spiro atoms. The predicted octanol–water partition coefficient (Wildman–Crippen LogP) is 1.96. The largest absolute Gasteiger partial charge is 0.394 e. The van der Waals surface area contributed by atoms with E-state index in [0.29, 0.717) is 0 Å². The lowest BCUT2D eigenvalue weighted by Crippen LogP contribution is -2.31. The van der Waals surface area contributed by atoms with Crippen molar-refractivity contribution in [1.82, 2.24) is 15.3 Å². The second-order valence-electron chi connectivity index (χ2n) is 5.10. The van der Waals surface area contributed by atoms with Gasteiger partial charge in [0.25, 0.3) is 0 Å². The van der Waals surface area contributed by atoms with E-state index in [-0.39, 0.29) is 18.9 Å². The van der Waals surface area contributed by atoms with E-state index in [9.17, 15) is 9.90 Å². The van der Waals surface area contributed by atoms with Crippen LogP contribution in [0.5, 0.6) is 0 Å². The van der Waals surface area contributed by atoms with Crippen LogP contribution in [0, 0.1) is 0 Å². The van der Waals surface area contributed by atoms with E-state index in [2.05, 4.69) is 15.3 Å². The fraction of sp³-hybridized carbons (Fsp3) is 0.176. The molecule has 3 aromatic rings. The lowest BCUT2D eigenvalue weighted by atomic mass is 10.1. The summed E-state index contributed by atoms with van der Waals surface area (Å²) >= 11 is 0. The first-order valence-electron chi connectivity index (χ1n) is 7.14. The van der Waals surface area contributed by atoms with E-state index < -0.39 is 6.04 Å². The van der Waals surface area contributed by atoms with Crippen molar-refractivity contribution in [2.45, 2.75) is 12.5 Å². The van der Waals surface area contributed by atoms with Crippen LogP contribution >= 0.6 is 0 Å². The SMILES string of the molecule is O=C(Cc1c[nH]c2ncccc12)N[C@@H](CO)c1ccccc1. The summed E-state index contributed by atoms with van der Waals surface area (Å²) in [5, 5.41) is 13.3. The number of nitrogens with zero attached hydrogens (tertiary/aromatic N) is 1. The number of aromatic amines is 1. The number of hydrogen-bond donors (Lipinski definition) is 3. The van der Waals surface area contributed by atoms with Crippen molar-refractivity contribution >= 4 is 16.9 Å². The van der Waals surface area contributed by atoms with Crippen LogP contribution in [0.3, 0.4) is 0 Å². The number of nitrogens with one attached hydrogen (secondary N) is 2. The summed E-state index contributed by atoms with van der Waals surface area (Å²) in [5.74, 6) is -0.132. The minimum atomic E-state index is -0.392. The van der Waals surface area contributed by atoms with Gasteiger partial charge < -0.3 is 15.4 Å². The van der Waals surface area contributed by atoms with Gasteiger partial charge in [0.05, 0.1) is 19.1 Å². The molecule has 1 aromatic carbocycles. The molecule has 1 atom stereocenters. The van der Waals surface area contributed by atoms with Gasteiger partial charge in [0.2, 0.25) is 5.91 Å². The Balaban J connectivity index is 1.72. The van der Waals surface area contributed by atoms with Gasteiger partial charge in [-0.25, -0.2) is 4.98 Å². The monoisotopic (exact) mass is 295 g/mol. The number of aliphatic hydroxyl groups is 1. The van der Waals surface area contributed by atoms with Crippen molar-refractivity contribution in [3.05, 3.63) is 66.0 Å². The van der Waals surface area contributed by atoms with E-state index >= 15 is 0 Å². The predicted molar refractivity (Wildman–Crippen MR) is 84.2 cm³/mol. The lowest BCUT2D eigenvalue weighted by Gasteiger charge is -2.16. The third-order valence-electron chi connectivity index (χ3n) is 3.61. The molecule has 0 bridgehead atoms. The molecule has 0 saturated heterocycles. The molecule has 3 rings (SSSR count). The maximum atomic E-state index is 12.2. The number of aromatic nitrogens is 2. The number of pyridine rings is 1. The number of carbonyl (C=O) groups excluding carboxylic acids is 1. The Morgan fingerprint density at radius 1 is 1.23 bits per heavy atom. The molecule has 0 fully saturated rings. The molecule has 5 nitrogen and oxygen atoms in total. The third-order valence-corrected chi connectivity index (χ3v) is 3.61. The summed E-state index contributed by atoms with van der Waals surface area (Å²) in [5.41, 5.74) is 2.55. The molecular weight excluding hydrogens is 278 g/mol.